The van der Waals surface area contributed by atoms with E-state index in [1.54, 1.807) is 12.4 Å². The van der Waals surface area contributed by atoms with Crippen molar-refractivity contribution in [2.75, 3.05) is 44.2 Å². The lowest BCUT2D eigenvalue weighted by molar-refractivity contribution is -0.138. The number of likely N-dealkylation sites (tertiary alicyclic amines) is 1. The molecule has 0 spiro atoms. The second-order valence-electron chi connectivity index (χ2n) is 7.27. The molecule has 6 heteroatoms. The fraction of sp³-hybridized carbons (Fsp3) is 0.476. The Hall–Kier alpha value is -2.47. The molecule has 0 aliphatic carbocycles. The first kappa shape index (κ1) is 17.9. The lowest BCUT2D eigenvalue weighted by Gasteiger charge is -2.41. The van der Waals surface area contributed by atoms with E-state index in [0.29, 0.717) is 0 Å². The SMILES string of the molecule is O=C([C@@H](c1ccccc1)N1CCN(c2ncccn2)CC1)N1CCCCC1. The van der Waals surface area contributed by atoms with Gasteiger partial charge in [0.25, 0.3) is 0 Å². The van der Waals surface area contributed by atoms with Crippen LogP contribution in [0.1, 0.15) is 30.9 Å². The third kappa shape index (κ3) is 4.11. The van der Waals surface area contributed by atoms with Gasteiger partial charge in [0.2, 0.25) is 11.9 Å². The van der Waals surface area contributed by atoms with Crippen LogP contribution in [-0.2, 0) is 4.79 Å². The standard InChI is InChI=1S/C21H27N5O/c27-20(25-12-5-2-6-13-25)19(18-8-3-1-4-9-18)24-14-16-26(17-15-24)21-22-10-7-11-23-21/h1,3-4,7-11,19H,2,5-6,12-17H2/t19-/m1/s1. The average Bonchev–Trinajstić information content (AvgIpc) is 2.76. The maximum absolute atomic E-state index is 13.4. The van der Waals surface area contributed by atoms with E-state index in [-0.39, 0.29) is 11.9 Å². The molecule has 142 valence electrons. The molecule has 0 N–H and O–H groups in total. The molecule has 4 rings (SSSR count). The van der Waals surface area contributed by atoms with Crippen LogP contribution in [-0.4, -0.2) is 64.9 Å². The van der Waals surface area contributed by atoms with Gasteiger partial charge in [-0.15, -0.1) is 0 Å². The van der Waals surface area contributed by atoms with Crippen LogP contribution in [0.5, 0.6) is 0 Å². The predicted octanol–water partition coefficient (Wildman–Crippen LogP) is 2.35. The van der Waals surface area contributed by atoms with Gasteiger partial charge < -0.3 is 9.80 Å². The molecular formula is C21H27N5O. The van der Waals surface area contributed by atoms with Crippen molar-refractivity contribution in [3.63, 3.8) is 0 Å². The van der Waals surface area contributed by atoms with Crippen molar-refractivity contribution in [1.29, 1.82) is 0 Å². The van der Waals surface area contributed by atoms with Crippen LogP contribution in [0.3, 0.4) is 0 Å². The largest absolute Gasteiger partial charge is 0.341 e. The van der Waals surface area contributed by atoms with Crippen molar-refractivity contribution in [3.05, 3.63) is 54.4 Å². The number of carbonyl (C=O) groups excluding carboxylic acids is 1. The zero-order valence-corrected chi connectivity index (χ0v) is 15.7. The number of rotatable bonds is 4. The number of hydrogen-bond acceptors (Lipinski definition) is 5. The van der Waals surface area contributed by atoms with Crippen molar-refractivity contribution < 1.29 is 4.79 Å². The summed E-state index contributed by atoms with van der Waals surface area (Å²) < 4.78 is 0. The number of aromatic nitrogens is 2. The van der Waals surface area contributed by atoms with E-state index in [1.165, 1.54) is 6.42 Å². The third-order valence-corrected chi connectivity index (χ3v) is 5.53. The fourth-order valence-corrected chi connectivity index (χ4v) is 4.07. The predicted molar refractivity (Wildman–Crippen MR) is 105 cm³/mol. The van der Waals surface area contributed by atoms with E-state index < -0.39 is 0 Å². The molecule has 0 saturated carbocycles. The Bertz CT molecular complexity index is 725. The molecule has 2 saturated heterocycles. The highest BCUT2D eigenvalue weighted by Crippen LogP contribution is 2.26. The molecule has 27 heavy (non-hydrogen) atoms. The topological polar surface area (TPSA) is 52.6 Å². The molecule has 6 nitrogen and oxygen atoms in total. The molecule has 1 aromatic carbocycles. The second-order valence-corrected chi connectivity index (χ2v) is 7.27. The summed E-state index contributed by atoms with van der Waals surface area (Å²) in [7, 11) is 0. The van der Waals surface area contributed by atoms with Gasteiger partial charge in [0.1, 0.15) is 6.04 Å². The molecule has 1 aromatic heterocycles. The highest BCUT2D eigenvalue weighted by atomic mass is 16.2. The van der Waals surface area contributed by atoms with Gasteiger partial charge in [-0.2, -0.15) is 0 Å². The summed E-state index contributed by atoms with van der Waals surface area (Å²) in [5, 5.41) is 0. The Labute approximate surface area is 160 Å². The zero-order valence-electron chi connectivity index (χ0n) is 15.7. The summed E-state index contributed by atoms with van der Waals surface area (Å²) in [6.45, 7) is 5.11. The first-order valence-corrected chi connectivity index (χ1v) is 9.93. The minimum Gasteiger partial charge on any atom is -0.341 e. The van der Waals surface area contributed by atoms with Gasteiger partial charge in [-0.25, -0.2) is 9.97 Å². The van der Waals surface area contributed by atoms with Crippen molar-refractivity contribution in [2.24, 2.45) is 0 Å². The van der Waals surface area contributed by atoms with E-state index in [0.717, 1.165) is 63.6 Å². The van der Waals surface area contributed by atoms with E-state index in [4.69, 9.17) is 0 Å². The minimum atomic E-state index is -0.192. The number of carbonyl (C=O) groups is 1. The van der Waals surface area contributed by atoms with Gasteiger partial charge in [-0.1, -0.05) is 30.3 Å². The number of piperidine rings is 1. The van der Waals surface area contributed by atoms with Crippen molar-refractivity contribution >= 4 is 11.9 Å². The molecule has 0 radical (unpaired) electrons. The lowest BCUT2D eigenvalue weighted by Crippen LogP contribution is -2.52. The van der Waals surface area contributed by atoms with Gasteiger partial charge in [0.05, 0.1) is 0 Å². The molecule has 1 atom stereocenters. The van der Waals surface area contributed by atoms with E-state index >= 15 is 0 Å². The smallest absolute Gasteiger partial charge is 0.244 e. The van der Waals surface area contributed by atoms with Crippen LogP contribution in [0, 0.1) is 0 Å². The highest BCUT2D eigenvalue weighted by molar-refractivity contribution is 5.83. The zero-order chi connectivity index (χ0) is 18.5. The normalized spacial score (nSPS) is 19.7. The molecule has 0 bridgehead atoms. The summed E-state index contributed by atoms with van der Waals surface area (Å²) in [6.07, 6.45) is 7.02. The Balaban J connectivity index is 1.50. The first-order chi connectivity index (χ1) is 13.3. The van der Waals surface area contributed by atoms with Crippen LogP contribution >= 0.6 is 0 Å². The molecule has 2 aliphatic rings. The minimum absolute atomic E-state index is 0.192. The average molecular weight is 365 g/mol. The highest BCUT2D eigenvalue weighted by Gasteiger charge is 2.34. The number of nitrogens with zero attached hydrogens (tertiary/aromatic N) is 5. The summed E-state index contributed by atoms with van der Waals surface area (Å²) in [6, 6.07) is 11.9. The monoisotopic (exact) mass is 365 g/mol. The van der Waals surface area contributed by atoms with E-state index in [9.17, 15) is 4.79 Å². The second kappa shape index (κ2) is 8.48. The number of anilines is 1. The summed E-state index contributed by atoms with van der Waals surface area (Å²) >= 11 is 0. The summed E-state index contributed by atoms with van der Waals surface area (Å²) in [5.74, 6) is 1.03. The van der Waals surface area contributed by atoms with Gasteiger partial charge in [-0.3, -0.25) is 9.69 Å². The van der Waals surface area contributed by atoms with Crippen molar-refractivity contribution in [3.8, 4) is 0 Å². The fourth-order valence-electron chi connectivity index (χ4n) is 4.07. The first-order valence-electron chi connectivity index (χ1n) is 9.93. The third-order valence-electron chi connectivity index (χ3n) is 5.53. The van der Waals surface area contributed by atoms with Gasteiger partial charge in [0.15, 0.2) is 0 Å². The van der Waals surface area contributed by atoms with Crippen molar-refractivity contribution in [1.82, 2.24) is 19.8 Å². The van der Waals surface area contributed by atoms with Gasteiger partial charge in [-0.05, 0) is 30.9 Å². The molecule has 1 amide bonds. The molecule has 2 fully saturated rings. The number of hydrogen-bond donors (Lipinski definition) is 0. The number of amides is 1. The maximum atomic E-state index is 13.4. The Morgan fingerprint density at radius 3 is 2.15 bits per heavy atom. The molecule has 2 aromatic rings. The van der Waals surface area contributed by atoms with Gasteiger partial charge in [0, 0.05) is 51.7 Å². The summed E-state index contributed by atoms with van der Waals surface area (Å²) in [4.78, 5) is 28.7. The Morgan fingerprint density at radius 1 is 0.815 bits per heavy atom. The van der Waals surface area contributed by atoms with Gasteiger partial charge >= 0.3 is 0 Å². The van der Waals surface area contributed by atoms with Crippen LogP contribution in [0.25, 0.3) is 0 Å². The molecule has 2 aliphatic heterocycles. The van der Waals surface area contributed by atoms with Crippen molar-refractivity contribution in [2.45, 2.75) is 25.3 Å². The Kier molecular flexibility index (Phi) is 5.63. The van der Waals surface area contributed by atoms with Crippen LogP contribution in [0.2, 0.25) is 0 Å². The Morgan fingerprint density at radius 2 is 1.48 bits per heavy atom. The maximum Gasteiger partial charge on any atom is 0.244 e. The van der Waals surface area contributed by atoms with E-state index in [2.05, 4.69) is 36.8 Å². The summed E-state index contributed by atoms with van der Waals surface area (Å²) in [5.41, 5.74) is 1.09. The number of benzene rings is 1. The van der Waals surface area contributed by atoms with Crippen LogP contribution in [0.4, 0.5) is 5.95 Å². The lowest BCUT2D eigenvalue weighted by atomic mass is 10.0. The van der Waals surface area contributed by atoms with E-state index in [1.807, 2.05) is 24.3 Å². The molecule has 3 heterocycles. The van der Waals surface area contributed by atoms with Crippen LogP contribution in [0.15, 0.2) is 48.8 Å². The van der Waals surface area contributed by atoms with Crippen LogP contribution < -0.4 is 4.90 Å². The molecular weight excluding hydrogens is 338 g/mol. The quantitative estimate of drug-likeness (QED) is 0.833. The number of piperazine rings is 1. The molecule has 0 unspecified atom stereocenters.